The summed E-state index contributed by atoms with van der Waals surface area (Å²) in [5.41, 5.74) is 5.75. The minimum Gasteiger partial charge on any atom is -0.379 e. The lowest BCUT2D eigenvalue weighted by molar-refractivity contribution is -0.0356. The van der Waals surface area contributed by atoms with Crippen molar-refractivity contribution < 1.29 is 9.47 Å². The quantitative estimate of drug-likeness (QED) is 0.650. The van der Waals surface area contributed by atoms with E-state index in [9.17, 15) is 0 Å². The van der Waals surface area contributed by atoms with E-state index in [1.807, 2.05) is 0 Å². The summed E-state index contributed by atoms with van der Waals surface area (Å²) in [7, 11) is 0. The van der Waals surface area contributed by atoms with Crippen LogP contribution in [0.1, 0.15) is 45.4 Å². The smallest absolute Gasteiger partial charge is 0.0704 e. The summed E-state index contributed by atoms with van der Waals surface area (Å²) >= 11 is 0. The van der Waals surface area contributed by atoms with Gasteiger partial charge in [0.1, 0.15) is 0 Å². The van der Waals surface area contributed by atoms with E-state index in [0.29, 0.717) is 12.0 Å². The predicted octanol–water partition coefficient (Wildman–Crippen LogP) is 2.34. The van der Waals surface area contributed by atoms with Crippen molar-refractivity contribution in [2.45, 2.75) is 51.6 Å². The highest BCUT2D eigenvalue weighted by atomic mass is 16.5. The molecule has 96 valence electrons. The molecule has 0 saturated heterocycles. The summed E-state index contributed by atoms with van der Waals surface area (Å²) in [6.45, 7) is 5.26. The standard InChI is InChI=1S/C13H27NO2/c1-2-3-8-15-9-10-16-13-7-5-4-6-12(13)11-14/h12-13H,2-11,14H2,1H3. The van der Waals surface area contributed by atoms with Crippen molar-refractivity contribution in [2.75, 3.05) is 26.4 Å². The Kier molecular flexibility index (Phi) is 7.81. The van der Waals surface area contributed by atoms with Crippen molar-refractivity contribution in [3.8, 4) is 0 Å². The van der Waals surface area contributed by atoms with Crippen molar-refractivity contribution in [2.24, 2.45) is 11.7 Å². The summed E-state index contributed by atoms with van der Waals surface area (Å²) in [5.74, 6) is 0.574. The van der Waals surface area contributed by atoms with Gasteiger partial charge in [-0.3, -0.25) is 0 Å². The summed E-state index contributed by atoms with van der Waals surface area (Å²) in [4.78, 5) is 0. The van der Waals surface area contributed by atoms with Gasteiger partial charge in [-0.25, -0.2) is 0 Å². The van der Waals surface area contributed by atoms with E-state index < -0.39 is 0 Å². The highest BCUT2D eigenvalue weighted by Gasteiger charge is 2.24. The van der Waals surface area contributed by atoms with Gasteiger partial charge in [0.15, 0.2) is 0 Å². The molecule has 2 N–H and O–H groups in total. The molecule has 0 aromatic carbocycles. The second-order valence-electron chi connectivity index (χ2n) is 4.66. The second kappa shape index (κ2) is 8.97. The Morgan fingerprint density at radius 3 is 2.69 bits per heavy atom. The Morgan fingerprint density at radius 2 is 1.94 bits per heavy atom. The van der Waals surface area contributed by atoms with Gasteiger partial charge >= 0.3 is 0 Å². The molecule has 3 heteroatoms. The third-order valence-corrected chi connectivity index (χ3v) is 3.34. The fourth-order valence-electron chi connectivity index (χ4n) is 2.27. The van der Waals surface area contributed by atoms with Crippen molar-refractivity contribution in [3.63, 3.8) is 0 Å². The molecule has 1 saturated carbocycles. The topological polar surface area (TPSA) is 44.5 Å². The molecule has 0 amide bonds. The van der Waals surface area contributed by atoms with E-state index in [4.69, 9.17) is 15.2 Å². The van der Waals surface area contributed by atoms with E-state index in [1.165, 1.54) is 32.1 Å². The first-order chi connectivity index (χ1) is 7.88. The fraction of sp³-hybridized carbons (Fsp3) is 1.00. The summed E-state index contributed by atoms with van der Waals surface area (Å²) in [6, 6.07) is 0. The second-order valence-corrected chi connectivity index (χ2v) is 4.66. The predicted molar refractivity (Wildman–Crippen MR) is 66.5 cm³/mol. The zero-order chi connectivity index (χ0) is 11.6. The van der Waals surface area contributed by atoms with Crippen LogP contribution < -0.4 is 5.73 Å². The molecule has 0 aromatic heterocycles. The summed E-state index contributed by atoms with van der Waals surface area (Å²) in [6.07, 6.45) is 7.74. The molecule has 0 aromatic rings. The van der Waals surface area contributed by atoms with Crippen molar-refractivity contribution in [1.29, 1.82) is 0 Å². The first-order valence-electron chi connectivity index (χ1n) is 6.78. The van der Waals surface area contributed by atoms with Crippen LogP contribution in [0, 0.1) is 5.92 Å². The van der Waals surface area contributed by atoms with Crippen molar-refractivity contribution in [1.82, 2.24) is 0 Å². The maximum atomic E-state index is 5.86. The lowest BCUT2D eigenvalue weighted by Crippen LogP contribution is -2.33. The Morgan fingerprint density at radius 1 is 1.12 bits per heavy atom. The third kappa shape index (κ3) is 5.28. The maximum absolute atomic E-state index is 5.86. The molecular formula is C13H27NO2. The molecule has 3 nitrogen and oxygen atoms in total. The molecule has 0 radical (unpaired) electrons. The van der Waals surface area contributed by atoms with Crippen LogP contribution in [0.3, 0.4) is 0 Å². The number of ether oxygens (including phenoxy) is 2. The van der Waals surface area contributed by atoms with Gasteiger partial charge in [-0.2, -0.15) is 0 Å². The number of hydrogen-bond acceptors (Lipinski definition) is 3. The Hall–Kier alpha value is -0.120. The molecule has 2 atom stereocenters. The fourth-order valence-corrected chi connectivity index (χ4v) is 2.27. The minimum absolute atomic E-state index is 0.383. The van der Waals surface area contributed by atoms with Crippen molar-refractivity contribution in [3.05, 3.63) is 0 Å². The first-order valence-corrected chi connectivity index (χ1v) is 6.78. The third-order valence-electron chi connectivity index (χ3n) is 3.34. The SMILES string of the molecule is CCCCOCCOC1CCCCC1CN. The molecule has 0 aliphatic heterocycles. The van der Waals surface area contributed by atoms with Crippen LogP contribution in [0.2, 0.25) is 0 Å². The van der Waals surface area contributed by atoms with Gasteiger partial charge in [-0.1, -0.05) is 26.2 Å². The largest absolute Gasteiger partial charge is 0.379 e. The van der Waals surface area contributed by atoms with E-state index in [2.05, 4.69) is 6.92 Å². The number of nitrogens with two attached hydrogens (primary N) is 1. The minimum atomic E-state index is 0.383. The lowest BCUT2D eigenvalue weighted by Gasteiger charge is -2.30. The van der Waals surface area contributed by atoms with E-state index in [0.717, 1.165) is 32.8 Å². The average Bonchev–Trinajstić information content (AvgIpc) is 2.34. The molecule has 2 unspecified atom stereocenters. The monoisotopic (exact) mass is 229 g/mol. The number of rotatable bonds is 8. The zero-order valence-electron chi connectivity index (χ0n) is 10.6. The van der Waals surface area contributed by atoms with Gasteiger partial charge in [-0.15, -0.1) is 0 Å². The van der Waals surface area contributed by atoms with Gasteiger partial charge in [0.2, 0.25) is 0 Å². The number of hydrogen-bond donors (Lipinski definition) is 1. The Balaban J connectivity index is 2.02. The van der Waals surface area contributed by atoms with Crippen LogP contribution in [-0.2, 0) is 9.47 Å². The molecular weight excluding hydrogens is 202 g/mol. The molecule has 0 heterocycles. The highest BCUT2D eigenvalue weighted by Crippen LogP contribution is 2.25. The average molecular weight is 229 g/mol. The number of unbranched alkanes of at least 4 members (excludes halogenated alkanes) is 1. The molecule has 1 aliphatic carbocycles. The van der Waals surface area contributed by atoms with Gasteiger partial charge in [0.05, 0.1) is 19.3 Å². The van der Waals surface area contributed by atoms with Crippen molar-refractivity contribution >= 4 is 0 Å². The molecule has 0 bridgehead atoms. The molecule has 16 heavy (non-hydrogen) atoms. The van der Waals surface area contributed by atoms with Gasteiger partial charge < -0.3 is 15.2 Å². The maximum Gasteiger partial charge on any atom is 0.0704 e. The Bertz CT molecular complexity index is 164. The molecule has 1 fully saturated rings. The van der Waals surface area contributed by atoms with Crippen LogP contribution in [0.25, 0.3) is 0 Å². The lowest BCUT2D eigenvalue weighted by atomic mass is 9.86. The molecule has 1 aliphatic rings. The van der Waals surface area contributed by atoms with Crippen LogP contribution in [0.4, 0.5) is 0 Å². The van der Waals surface area contributed by atoms with E-state index in [1.54, 1.807) is 0 Å². The van der Waals surface area contributed by atoms with Crippen LogP contribution in [0.5, 0.6) is 0 Å². The van der Waals surface area contributed by atoms with Crippen LogP contribution in [0.15, 0.2) is 0 Å². The summed E-state index contributed by atoms with van der Waals surface area (Å²) < 4.78 is 11.3. The van der Waals surface area contributed by atoms with E-state index >= 15 is 0 Å². The first kappa shape index (κ1) is 13.9. The van der Waals surface area contributed by atoms with Crippen LogP contribution >= 0.6 is 0 Å². The summed E-state index contributed by atoms with van der Waals surface area (Å²) in [5, 5.41) is 0. The van der Waals surface area contributed by atoms with E-state index in [-0.39, 0.29) is 0 Å². The van der Waals surface area contributed by atoms with Gasteiger partial charge in [-0.05, 0) is 31.7 Å². The normalized spacial score (nSPS) is 25.9. The van der Waals surface area contributed by atoms with Gasteiger partial charge in [0.25, 0.3) is 0 Å². The van der Waals surface area contributed by atoms with Crippen LogP contribution in [-0.4, -0.2) is 32.5 Å². The molecule has 1 rings (SSSR count). The Labute approximate surface area is 99.7 Å². The highest BCUT2D eigenvalue weighted by molar-refractivity contribution is 4.76. The van der Waals surface area contributed by atoms with Gasteiger partial charge in [0, 0.05) is 6.61 Å². The molecule has 0 spiro atoms. The zero-order valence-corrected chi connectivity index (χ0v) is 10.6.